The van der Waals surface area contributed by atoms with Gasteiger partial charge in [-0.05, 0) is 43.4 Å². The summed E-state index contributed by atoms with van der Waals surface area (Å²) in [5.41, 5.74) is 4.23. The first kappa shape index (κ1) is 14.4. The summed E-state index contributed by atoms with van der Waals surface area (Å²) in [6.07, 6.45) is 4.65. The Kier molecular flexibility index (Phi) is 6.18. The highest BCUT2D eigenvalue weighted by atomic mass is 16.5. The van der Waals surface area contributed by atoms with Crippen LogP contribution in [0.2, 0.25) is 0 Å². The number of hydrogen-bond acceptors (Lipinski definition) is 3. The van der Waals surface area contributed by atoms with E-state index in [9.17, 15) is 0 Å². The summed E-state index contributed by atoms with van der Waals surface area (Å²) >= 11 is 0. The normalized spacial score (nSPS) is 13.9. The Morgan fingerprint density at radius 2 is 2.26 bits per heavy atom. The molecule has 0 aromatic heterocycles. The molecular weight excluding hydrogens is 236 g/mol. The molecule has 3 nitrogen and oxygen atoms in total. The second-order valence-corrected chi connectivity index (χ2v) is 5.12. The number of anilines is 1. The molecule has 1 aromatic carbocycles. The van der Waals surface area contributed by atoms with Crippen LogP contribution in [0.15, 0.2) is 18.2 Å². The van der Waals surface area contributed by atoms with Crippen molar-refractivity contribution in [1.82, 2.24) is 5.32 Å². The highest BCUT2D eigenvalue weighted by molar-refractivity contribution is 5.59. The lowest BCUT2D eigenvalue weighted by molar-refractivity contribution is 0.132. The predicted molar refractivity (Wildman–Crippen MR) is 80.7 cm³/mol. The van der Waals surface area contributed by atoms with E-state index in [0.29, 0.717) is 0 Å². The third-order valence-corrected chi connectivity index (χ3v) is 3.47. The Labute approximate surface area is 116 Å². The van der Waals surface area contributed by atoms with Crippen molar-refractivity contribution in [3.05, 3.63) is 29.3 Å². The molecule has 0 aliphatic carbocycles. The largest absolute Gasteiger partial charge is 0.385 e. The average Bonchev–Trinajstić information content (AvgIpc) is 2.46. The molecule has 0 saturated heterocycles. The zero-order valence-corrected chi connectivity index (χ0v) is 12.0. The molecule has 1 aromatic rings. The summed E-state index contributed by atoms with van der Waals surface area (Å²) in [6.45, 7) is 6.97. The van der Waals surface area contributed by atoms with E-state index in [-0.39, 0.29) is 0 Å². The van der Waals surface area contributed by atoms with E-state index in [4.69, 9.17) is 4.74 Å². The minimum absolute atomic E-state index is 0.867. The van der Waals surface area contributed by atoms with Gasteiger partial charge in [-0.25, -0.2) is 0 Å². The van der Waals surface area contributed by atoms with Crippen LogP contribution in [0.5, 0.6) is 0 Å². The number of nitrogens with one attached hydrogen (secondary N) is 2. The number of ether oxygens (including phenoxy) is 1. The lowest BCUT2D eigenvalue weighted by Gasteiger charge is -2.21. The van der Waals surface area contributed by atoms with Gasteiger partial charge in [0.05, 0.1) is 0 Å². The van der Waals surface area contributed by atoms with Crippen LogP contribution in [-0.2, 0) is 17.7 Å². The Bertz CT molecular complexity index is 379. The zero-order chi connectivity index (χ0) is 13.3. The molecule has 106 valence electrons. The van der Waals surface area contributed by atoms with Crippen molar-refractivity contribution >= 4 is 5.69 Å². The first-order valence-electron chi connectivity index (χ1n) is 7.55. The maximum Gasteiger partial charge on any atom is 0.0478 e. The first-order valence-corrected chi connectivity index (χ1v) is 7.55. The van der Waals surface area contributed by atoms with Gasteiger partial charge in [-0.3, -0.25) is 0 Å². The topological polar surface area (TPSA) is 33.3 Å². The summed E-state index contributed by atoms with van der Waals surface area (Å²) in [6, 6.07) is 6.63. The van der Waals surface area contributed by atoms with Gasteiger partial charge >= 0.3 is 0 Å². The predicted octanol–water partition coefficient (Wildman–Crippen LogP) is 2.95. The maximum atomic E-state index is 5.47. The molecule has 0 amide bonds. The first-order chi connectivity index (χ1) is 9.42. The van der Waals surface area contributed by atoms with Crippen LogP contribution in [-0.4, -0.2) is 26.3 Å². The van der Waals surface area contributed by atoms with E-state index in [1.165, 1.54) is 29.7 Å². The average molecular weight is 262 g/mol. The van der Waals surface area contributed by atoms with Crippen molar-refractivity contribution < 1.29 is 4.74 Å². The lowest BCUT2D eigenvalue weighted by atomic mass is 9.99. The van der Waals surface area contributed by atoms with Crippen LogP contribution in [0.1, 0.15) is 37.3 Å². The third kappa shape index (κ3) is 4.51. The number of fused-ring (bicyclic) bond motifs is 1. The van der Waals surface area contributed by atoms with Gasteiger partial charge in [-0.15, -0.1) is 0 Å². The van der Waals surface area contributed by atoms with Crippen molar-refractivity contribution in [3.63, 3.8) is 0 Å². The molecule has 3 heteroatoms. The molecule has 0 fully saturated rings. The van der Waals surface area contributed by atoms with Crippen molar-refractivity contribution in [3.8, 4) is 0 Å². The Morgan fingerprint density at radius 1 is 1.32 bits per heavy atom. The summed E-state index contributed by atoms with van der Waals surface area (Å²) in [7, 11) is 0. The van der Waals surface area contributed by atoms with E-state index in [1.807, 2.05) is 0 Å². The summed E-state index contributed by atoms with van der Waals surface area (Å²) in [5, 5.41) is 7.04. The van der Waals surface area contributed by atoms with E-state index in [2.05, 4.69) is 35.8 Å². The minimum Gasteiger partial charge on any atom is -0.385 e. The molecule has 1 heterocycles. The van der Waals surface area contributed by atoms with Gasteiger partial charge in [0.2, 0.25) is 0 Å². The number of benzene rings is 1. The summed E-state index contributed by atoms with van der Waals surface area (Å²) in [4.78, 5) is 0. The number of rotatable bonds is 8. The monoisotopic (exact) mass is 262 g/mol. The molecule has 0 bridgehead atoms. The molecule has 1 aliphatic heterocycles. The fourth-order valence-electron chi connectivity index (χ4n) is 2.50. The zero-order valence-electron chi connectivity index (χ0n) is 12.0. The summed E-state index contributed by atoms with van der Waals surface area (Å²) in [5.74, 6) is 0. The fraction of sp³-hybridized carbons (Fsp3) is 0.625. The van der Waals surface area contributed by atoms with Crippen LogP contribution >= 0.6 is 0 Å². The van der Waals surface area contributed by atoms with Crippen LogP contribution in [0.3, 0.4) is 0 Å². The molecule has 0 spiro atoms. The van der Waals surface area contributed by atoms with Gasteiger partial charge in [0.1, 0.15) is 0 Å². The number of para-hydroxylation sites is 1. The van der Waals surface area contributed by atoms with Gasteiger partial charge in [0.15, 0.2) is 0 Å². The van der Waals surface area contributed by atoms with Gasteiger partial charge in [0, 0.05) is 32.0 Å². The summed E-state index contributed by atoms with van der Waals surface area (Å²) < 4.78 is 5.47. The van der Waals surface area contributed by atoms with Gasteiger partial charge in [-0.2, -0.15) is 0 Å². The van der Waals surface area contributed by atoms with Gasteiger partial charge in [-0.1, -0.05) is 25.1 Å². The maximum absolute atomic E-state index is 5.47. The Balaban J connectivity index is 1.71. The second kappa shape index (κ2) is 8.18. The van der Waals surface area contributed by atoms with Crippen molar-refractivity contribution in [2.75, 3.05) is 31.6 Å². The molecule has 19 heavy (non-hydrogen) atoms. The van der Waals surface area contributed by atoms with E-state index >= 15 is 0 Å². The van der Waals surface area contributed by atoms with E-state index in [1.54, 1.807) is 0 Å². The van der Waals surface area contributed by atoms with Crippen LogP contribution in [0.4, 0.5) is 5.69 Å². The highest BCUT2D eigenvalue weighted by Crippen LogP contribution is 2.25. The van der Waals surface area contributed by atoms with Crippen molar-refractivity contribution in [2.24, 2.45) is 0 Å². The molecule has 1 aliphatic rings. The second-order valence-electron chi connectivity index (χ2n) is 5.12. The smallest absolute Gasteiger partial charge is 0.0478 e. The van der Waals surface area contributed by atoms with E-state index in [0.717, 1.165) is 45.7 Å². The molecule has 2 N–H and O–H groups in total. The van der Waals surface area contributed by atoms with E-state index < -0.39 is 0 Å². The third-order valence-electron chi connectivity index (χ3n) is 3.47. The van der Waals surface area contributed by atoms with Crippen LogP contribution < -0.4 is 10.6 Å². The quantitative estimate of drug-likeness (QED) is 0.707. The molecular formula is C16H26N2O. The van der Waals surface area contributed by atoms with Crippen molar-refractivity contribution in [1.29, 1.82) is 0 Å². The molecule has 0 unspecified atom stereocenters. The number of hydrogen-bond donors (Lipinski definition) is 2. The van der Waals surface area contributed by atoms with Crippen LogP contribution in [0, 0.1) is 0 Å². The van der Waals surface area contributed by atoms with Crippen molar-refractivity contribution in [2.45, 2.75) is 39.2 Å². The lowest BCUT2D eigenvalue weighted by Crippen LogP contribution is -2.20. The number of aryl methyl sites for hydroxylation is 1. The Hall–Kier alpha value is -1.06. The molecule has 0 radical (unpaired) electrons. The highest BCUT2D eigenvalue weighted by Gasteiger charge is 2.11. The SMILES string of the molecule is CCCOCCCNCc1cccc2c1NCCC2. The fourth-order valence-corrected chi connectivity index (χ4v) is 2.50. The van der Waals surface area contributed by atoms with Gasteiger partial charge in [0.25, 0.3) is 0 Å². The van der Waals surface area contributed by atoms with Gasteiger partial charge < -0.3 is 15.4 Å². The Morgan fingerprint density at radius 3 is 3.16 bits per heavy atom. The molecule has 2 rings (SSSR count). The van der Waals surface area contributed by atoms with Crippen LogP contribution in [0.25, 0.3) is 0 Å². The standard InChI is InChI=1S/C16H26N2O/c1-2-11-19-12-5-9-17-13-15-7-3-6-14-8-4-10-18-16(14)15/h3,6-7,17-18H,2,4-5,8-13H2,1H3. The minimum atomic E-state index is 0.867. The molecule has 0 saturated carbocycles. The molecule has 0 atom stereocenters.